The number of H-pyrrole nitrogens is 1. The standard InChI is InChI=1S/C15H16N2O4/c1-3-21-13-8-11(5-6-12(13)20-2)17-15(19)10-4-7-14(18)16-9-10/h4-9H,3H2,1-2H3,(H,16,18)(H,17,19). The molecule has 2 rings (SSSR count). The molecule has 2 N–H and O–H groups in total. The van der Waals surface area contributed by atoms with Gasteiger partial charge in [-0.1, -0.05) is 0 Å². The van der Waals surface area contributed by atoms with E-state index in [1.54, 1.807) is 25.3 Å². The number of aromatic nitrogens is 1. The zero-order chi connectivity index (χ0) is 15.2. The molecule has 0 bridgehead atoms. The van der Waals surface area contributed by atoms with Gasteiger partial charge in [-0.25, -0.2) is 0 Å². The summed E-state index contributed by atoms with van der Waals surface area (Å²) in [6, 6.07) is 7.88. The van der Waals surface area contributed by atoms with Crippen LogP contribution in [0.1, 0.15) is 17.3 Å². The molecule has 1 heterocycles. The number of pyridine rings is 1. The molecule has 0 saturated heterocycles. The van der Waals surface area contributed by atoms with Crippen LogP contribution in [0.4, 0.5) is 5.69 Å². The van der Waals surface area contributed by atoms with E-state index < -0.39 is 0 Å². The van der Waals surface area contributed by atoms with E-state index in [-0.39, 0.29) is 11.5 Å². The summed E-state index contributed by atoms with van der Waals surface area (Å²) in [5.41, 5.74) is 0.688. The molecule has 1 aromatic heterocycles. The molecule has 0 saturated carbocycles. The van der Waals surface area contributed by atoms with Gasteiger partial charge in [-0.05, 0) is 25.1 Å². The van der Waals surface area contributed by atoms with Crippen molar-refractivity contribution in [2.75, 3.05) is 19.0 Å². The van der Waals surface area contributed by atoms with E-state index in [4.69, 9.17) is 9.47 Å². The summed E-state index contributed by atoms with van der Waals surface area (Å²) in [6.45, 7) is 2.36. The van der Waals surface area contributed by atoms with Gasteiger partial charge < -0.3 is 19.8 Å². The Morgan fingerprint density at radius 3 is 2.67 bits per heavy atom. The molecule has 6 heteroatoms. The Labute approximate surface area is 121 Å². The smallest absolute Gasteiger partial charge is 0.257 e. The van der Waals surface area contributed by atoms with Crippen LogP contribution >= 0.6 is 0 Å². The number of aromatic amines is 1. The molecule has 0 aliphatic heterocycles. The summed E-state index contributed by atoms with van der Waals surface area (Å²) < 4.78 is 10.6. The number of amides is 1. The first-order valence-corrected chi connectivity index (χ1v) is 6.45. The number of carbonyl (C=O) groups is 1. The van der Waals surface area contributed by atoms with Gasteiger partial charge in [0.2, 0.25) is 5.56 Å². The minimum atomic E-state index is -0.320. The van der Waals surface area contributed by atoms with Crippen LogP contribution in [-0.4, -0.2) is 24.6 Å². The van der Waals surface area contributed by atoms with E-state index in [1.165, 1.54) is 18.3 Å². The molecule has 110 valence electrons. The van der Waals surface area contributed by atoms with Crippen molar-refractivity contribution in [1.82, 2.24) is 4.98 Å². The zero-order valence-electron chi connectivity index (χ0n) is 11.8. The Bertz CT molecular complexity index is 674. The molecular formula is C15H16N2O4. The second kappa shape index (κ2) is 6.60. The van der Waals surface area contributed by atoms with Crippen LogP contribution < -0.4 is 20.3 Å². The van der Waals surface area contributed by atoms with Gasteiger partial charge in [0, 0.05) is 24.0 Å². The number of methoxy groups -OCH3 is 1. The normalized spacial score (nSPS) is 10.0. The van der Waals surface area contributed by atoms with Gasteiger partial charge in [-0.3, -0.25) is 9.59 Å². The molecule has 0 fully saturated rings. The highest BCUT2D eigenvalue weighted by atomic mass is 16.5. The predicted octanol–water partition coefficient (Wildman–Crippen LogP) is 2.03. The molecule has 6 nitrogen and oxygen atoms in total. The maximum absolute atomic E-state index is 12.0. The van der Waals surface area contributed by atoms with E-state index >= 15 is 0 Å². The molecule has 1 aromatic carbocycles. The third-order valence-electron chi connectivity index (χ3n) is 2.77. The van der Waals surface area contributed by atoms with Crippen molar-refractivity contribution in [2.24, 2.45) is 0 Å². The van der Waals surface area contributed by atoms with Crippen molar-refractivity contribution in [2.45, 2.75) is 6.92 Å². The van der Waals surface area contributed by atoms with Crippen LogP contribution in [0, 0.1) is 0 Å². The highest BCUT2D eigenvalue weighted by Gasteiger charge is 2.09. The molecular weight excluding hydrogens is 272 g/mol. The average Bonchev–Trinajstić information content (AvgIpc) is 2.48. The number of benzene rings is 1. The van der Waals surface area contributed by atoms with Crippen molar-refractivity contribution in [3.8, 4) is 11.5 Å². The average molecular weight is 288 g/mol. The summed E-state index contributed by atoms with van der Waals surface area (Å²) in [5.74, 6) is 0.831. The lowest BCUT2D eigenvalue weighted by Gasteiger charge is -2.11. The third-order valence-corrected chi connectivity index (χ3v) is 2.77. The number of rotatable bonds is 5. The number of carbonyl (C=O) groups excluding carboxylic acids is 1. The molecule has 0 aliphatic rings. The van der Waals surface area contributed by atoms with Crippen molar-refractivity contribution < 1.29 is 14.3 Å². The number of hydrogen-bond donors (Lipinski definition) is 2. The maximum Gasteiger partial charge on any atom is 0.257 e. The van der Waals surface area contributed by atoms with Crippen LogP contribution in [0.2, 0.25) is 0 Å². The van der Waals surface area contributed by atoms with Gasteiger partial charge in [0.1, 0.15) is 0 Å². The molecule has 2 aromatic rings. The first-order valence-electron chi connectivity index (χ1n) is 6.45. The van der Waals surface area contributed by atoms with Gasteiger partial charge in [0.15, 0.2) is 11.5 Å². The minimum absolute atomic E-state index is 0.255. The maximum atomic E-state index is 12.0. The quantitative estimate of drug-likeness (QED) is 0.882. The first-order chi connectivity index (χ1) is 10.1. The summed E-state index contributed by atoms with van der Waals surface area (Å²) >= 11 is 0. The third kappa shape index (κ3) is 3.62. The molecule has 1 amide bonds. The van der Waals surface area contributed by atoms with E-state index in [1.807, 2.05) is 6.92 Å². The molecule has 0 atom stereocenters. The van der Waals surface area contributed by atoms with Crippen LogP contribution in [0.15, 0.2) is 41.3 Å². The summed E-state index contributed by atoms with van der Waals surface area (Å²) in [4.78, 5) is 25.5. The second-order valence-corrected chi connectivity index (χ2v) is 4.19. The number of nitrogens with one attached hydrogen (secondary N) is 2. The fraction of sp³-hybridized carbons (Fsp3) is 0.200. The van der Waals surface area contributed by atoms with E-state index in [0.717, 1.165) is 0 Å². The van der Waals surface area contributed by atoms with E-state index in [0.29, 0.717) is 29.4 Å². The lowest BCUT2D eigenvalue weighted by molar-refractivity contribution is 0.102. The number of ether oxygens (including phenoxy) is 2. The summed E-state index contributed by atoms with van der Waals surface area (Å²) in [7, 11) is 1.55. The molecule has 0 aliphatic carbocycles. The monoisotopic (exact) mass is 288 g/mol. The van der Waals surface area contributed by atoms with Gasteiger partial charge >= 0.3 is 0 Å². The van der Waals surface area contributed by atoms with Gasteiger partial charge in [-0.15, -0.1) is 0 Å². The van der Waals surface area contributed by atoms with Crippen molar-refractivity contribution in [1.29, 1.82) is 0 Å². The van der Waals surface area contributed by atoms with Gasteiger partial charge in [0.25, 0.3) is 5.91 Å². The van der Waals surface area contributed by atoms with Gasteiger partial charge in [0.05, 0.1) is 19.3 Å². The van der Waals surface area contributed by atoms with E-state index in [9.17, 15) is 9.59 Å². The highest BCUT2D eigenvalue weighted by molar-refractivity contribution is 6.04. The SMILES string of the molecule is CCOc1cc(NC(=O)c2ccc(=O)[nH]c2)ccc1OC. The van der Waals surface area contributed by atoms with Crippen LogP contribution in [0.25, 0.3) is 0 Å². The predicted molar refractivity (Wildman–Crippen MR) is 79.2 cm³/mol. The fourth-order valence-corrected chi connectivity index (χ4v) is 1.78. The minimum Gasteiger partial charge on any atom is -0.493 e. The van der Waals surface area contributed by atoms with Gasteiger partial charge in [-0.2, -0.15) is 0 Å². The summed E-state index contributed by atoms with van der Waals surface area (Å²) in [6.07, 6.45) is 1.37. The number of anilines is 1. The van der Waals surface area contributed by atoms with Crippen molar-refractivity contribution in [3.63, 3.8) is 0 Å². The Hall–Kier alpha value is -2.76. The van der Waals surface area contributed by atoms with Crippen LogP contribution in [-0.2, 0) is 0 Å². The van der Waals surface area contributed by atoms with E-state index in [2.05, 4.69) is 10.3 Å². The Kier molecular flexibility index (Phi) is 4.61. The fourth-order valence-electron chi connectivity index (χ4n) is 1.78. The van der Waals surface area contributed by atoms with Crippen LogP contribution in [0.3, 0.4) is 0 Å². The molecule has 0 radical (unpaired) electrons. The Balaban J connectivity index is 2.19. The van der Waals surface area contributed by atoms with Crippen LogP contribution in [0.5, 0.6) is 11.5 Å². The zero-order valence-corrected chi connectivity index (χ0v) is 11.8. The lowest BCUT2D eigenvalue weighted by atomic mass is 10.2. The lowest BCUT2D eigenvalue weighted by Crippen LogP contribution is -2.14. The first kappa shape index (κ1) is 14.6. The van der Waals surface area contributed by atoms with Crippen molar-refractivity contribution in [3.05, 3.63) is 52.4 Å². The highest BCUT2D eigenvalue weighted by Crippen LogP contribution is 2.30. The Morgan fingerprint density at radius 1 is 1.24 bits per heavy atom. The molecule has 0 spiro atoms. The largest absolute Gasteiger partial charge is 0.493 e. The number of hydrogen-bond acceptors (Lipinski definition) is 4. The molecule has 0 unspecified atom stereocenters. The van der Waals surface area contributed by atoms with Crippen molar-refractivity contribution >= 4 is 11.6 Å². The topological polar surface area (TPSA) is 80.4 Å². The Morgan fingerprint density at radius 2 is 2.05 bits per heavy atom. The molecule has 21 heavy (non-hydrogen) atoms. The second-order valence-electron chi connectivity index (χ2n) is 4.19. The summed E-state index contributed by atoms with van der Waals surface area (Å²) in [5, 5.41) is 2.73.